The number of amides is 3. The van der Waals surface area contributed by atoms with Crippen molar-refractivity contribution in [1.82, 2.24) is 15.5 Å². The molecule has 1 aliphatic rings. The average Bonchev–Trinajstić information content (AvgIpc) is 2.90. The Bertz CT molecular complexity index is 401. The van der Waals surface area contributed by atoms with E-state index in [0.29, 0.717) is 32.4 Å². The lowest BCUT2D eigenvalue weighted by Gasteiger charge is -2.30. The van der Waals surface area contributed by atoms with Gasteiger partial charge in [0.2, 0.25) is 17.7 Å². The van der Waals surface area contributed by atoms with Crippen molar-refractivity contribution in [2.75, 3.05) is 20.1 Å². The molecule has 6 heteroatoms. The third-order valence-electron chi connectivity index (χ3n) is 3.62. The van der Waals surface area contributed by atoms with Crippen LogP contribution in [0.3, 0.4) is 0 Å². The molecule has 0 aromatic carbocycles. The van der Waals surface area contributed by atoms with Gasteiger partial charge in [0.25, 0.3) is 0 Å². The van der Waals surface area contributed by atoms with Crippen LogP contribution < -0.4 is 10.6 Å². The molecule has 0 aromatic rings. The Morgan fingerprint density at radius 2 is 1.90 bits per heavy atom. The summed E-state index contributed by atoms with van der Waals surface area (Å²) in [7, 11) is 1.59. The molecule has 0 unspecified atom stereocenters. The lowest BCUT2D eigenvalue weighted by Crippen LogP contribution is -2.49. The molecule has 1 heterocycles. The lowest BCUT2D eigenvalue weighted by atomic mass is 9.94. The van der Waals surface area contributed by atoms with Gasteiger partial charge in [0.1, 0.15) is 6.04 Å². The molecule has 0 aliphatic carbocycles. The minimum Gasteiger partial charge on any atom is -0.359 e. The molecule has 2 N–H and O–H groups in total. The molecule has 21 heavy (non-hydrogen) atoms. The van der Waals surface area contributed by atoms with Gasteiger partial charge in [0, 0.05) is 32.0 Å². The molecule has 3 amide bonds. The summed E-state index contributed by atoms with van der Waals surface area (Å²) in [6, 6.07) is -0.364. The molecular formula is C15H27N3O3. The van der Waals surface area contributed by atoms with Gasteiger partial charge in [-0.25, -0.2) is 0 Å². The minimum atomic E-state index is -0.470. The molecule has 0 bridgehead atoms. The largest absolute Gasteiger partial charge is 0.359 e. The van der Waals surface area contributed by atoms with E-state index >= 15 is 0 Å². The summed E-state index contributed by atoms with van der Waals surface area (Å²) in [5, 5.41) is 5.37. The Morgan fingerprint density at radius 3 is 2.48 bits per heavy atom. The molecule has 1 aliphatic heterocycles. The molecule has 0 radical (unpaired) electrons. The van der Waals surface area contributed by atoms with Crippen LogP contribution in [0.2, 0.25) is 0 Å². The summed E-state index contributed by atoms with van der Waals surface area (Å²) in [6.07, 6.45) is 2.57. The van der Waals surface area contributed by atoms with Crippen molar-refractivity contribution in [3.8, 4) is 0 Å². The molecule has 1 atom stereocenters. The molecule has 1 fully saturated rings. The van der Waals surface area contributed by atoms with Crippen molar-refractivity contribution in [1.29, 1.82) is 0 Å². The van der Waals surface area contributed by atoms with Crippen LogP contribution in [0, 0.1) is 5.41 Å². The fraction of sp³-hybridized carbons (Fsp3) is 0.800. The number of carbonyl (C=O) groups excluding carboxylic acids is 3. The zero-order valence-corrected chi connectivity index (χ0v) is 13.5. The quantitative estimate of drug-likeness (QED) is 0.732. The first kappa shape index (κ1) is 17.5. The van der Waals surface area contributed by atoms with Crippen LogP contribution >= 0.6 is 0 Å². The van der Waals surface area contributed by atoms with Gasteiger partial charge in [0.15, 0.2) is 0 Å². The van der Waals surface area contributed by atoms with Gasteiger partial charge in [-0.1, -0.05) is 20.8 Å². The fourth-order valence-electron chi connectivity index (χ4n) is 2.42. The van der Waals surface area contributed by atoms with E-state index < -0.39 is 5.41 Å². The predicted molar refractivity (Wildman–Crippen MR) is 80.5 cm³/mol. The molecular weight excluding hydrogens is 270 g/mol. The highest BCUT2D eigenvalue weighted by Gasteiger charge is 2.38. The smallest absolute Gasteiger partial charge is 0.242 e. The highest BCUT2D eigenvalue weighted by Crippen LogP contribution is 2.25. The third-order valence-corrected chi connectivity index (χ3v) is 3.62. The lowest BCUT2D eigenvalue weighted by molar-refractivity contribution is -0.144. The van der Waals surface area contributed by atoms with Crippen LogP contribution in [-0.2, 0) is 14.4 Å². The third kappa shape index (κ3) is 5.02. The minimum absolute atomic E-state index is 0.0190. The summed E-state index contributed by atoms with van der Waals surface area (Å²) >= 11 is 0. The van der Waals surface area contributed by atoms with E-state index in [0.717, 1.165) is 6.42 Å². The standard InChI is InChI=1S/C15H27N3O3/c1-15(2,3)14(21)18-10-6-7-11(18)13(20)17-9-5-8-12(19)16-4/h11H,5-10H2,1-4H3,(H,16,19)(H,17,20)/t11-/m0/s1. The number of rotatable bonds is 5. The van der Waals surface area contributed by atoms with Crippen LogP contribution in [0.15, 0.2) is 0 Å². The van der Waals surface area contributed by atoms with Crippen LogP contribution in [0.25, 0.3) is 0 Å². The van der Waals surface area contributed by atoms with E-state index in [9.17, 15) is 14.4 Å². The number of hydrogen-bond acceptors (Lipinski definition) is 3. The predicted octanol–water partition coefficient (Wildman–Crippen LogP) is 0.666. The second-order valence-electron chi connectivity index (χ2n) is 6.47. The number of likely N-dealkylation sites (tertiary alicyclic amines) is 1. The second-order valence-corrected chi connectivity index (χ2v) is 6.47. The van der Waals surface area contributed by atoms with Crippen molar-refractivity contribution in [3.63, 3.8) is 0 Å². The summed E-state index contributed by atoms with van der Waals surface area (Å²) in [5.41, 5.74) is -0.470. The van der Waals surface area contributed by atoms with E-state index in [1.54, 1.807) is 11.9 Å². The van der Waals surface area contributed by atoms with Crippen LogP contribution in [0.5, 0.6) is 0 Å². The molecule has 120 valence electrons. The van der Waals surface area contributed by atoms with Crippen LogP contribution in [0.4, 0.5) is 0 Å². The highest BCUT2D eigenvalue weighted by atomic mass is 16.2. The summed E-state index contributed by atoms with van der Waals surface area (Å²) < 4.78 is 0. The Balaban J connectivity index is 2.46. The van der Waals surface area contributed by atoms with Gasteiger partial charge in [-0.15, -0.1) is 0 Å². The van der Waals surface area contributed by atoms with Crippen molar-refractivity contribution in [2.45, 2.75) is 52.5 Å². The molecule has 1 rings (SSSR count). The van der Waals surface area contributed by atoms with Gasteiger partial charge in [0.05, 0.1) is 0 Å². The van der Waals surface area contributed by atoms with Gasteiger partial charge in [-0.05, 0) is 19.3 Å². The molecule has 1 saturated heterocycles. The summed E-state index contributed by atoms with van der Waals surface area (Å²) in [5.74, 6) is -0.123. The monoisotopic (exact) mass is 297 g/mol. The van der Waals surface area contributed by atoms with Gasteiger partial charge >= 0.3 is 0 Å². The van der Waals surface area contributed by atoms with E-state index in [1.165, 1.54) is 0 Å². The van der Waals surface area contributed by atoms with Crippen molar-refractivity contribution < 1.29 is 14.4 Å². The number of nitrogens with one attached hydrogen (secondary N) is 2. The zero-order chi connectivity index (χ0) is 16.0. The zero-order valence-electron chi connectivity index (χ0n) is 13.5. The van der Waals surface area contributed by atoms with Gasteiger partial charge in [-0.2, -0.15) is 0 Å². The molecule has 0 saturated carbocycles. The molecule has 6 nitrogen and oxygen atoms in total. The number of hydrogen-bond donors (Lipinski definition) is 2. The summed E-state index contributed by atoms with van der Waals surface area (Å²) in [4.78, 5) is 37.3. The van der Waals surface area contributed by atoms with E-state index in [1.807, 2.05) is 20.8 Å². The maximum absolute atomic E-state index is 12.3. The topological polar surface area (TPSA) is 78.5 Å². The van der Waals surface area contributed by atoms with Crippen LogP contribution in [-0.4, -0.2) is 48.8 Å². The summed E-state index contributed by atoms with van der Waals surface area (Å²) in [6.45, 7) is 6.71. The first-order valence-corrected chi connectivity index (χ1v) is 7.56. The molecule has 0 spiro atoms. The number of carbonyl (C=O) groups is 3. The Kier molecular flexibility index (Phi) is 6.18. The second kappa shape index (κ2) is 7.43. The maximum Gasteiger partial charge on any atom is 0.242 e. The van der Waals surface area contributed by atoms with E-state index in [2.05, 4.69) is 10.6 Å². The van der Waals surface area contributed by atoms with E-state index in [4.69, 9.17) is 0 Å². The van der Waals surface area contributed by atoms with Crippen molar-refractivity contribution in [3.05, 3.63) is 0 Å². The van der Waals surface area contributed by atoms with Crippen LogP contribution in [0.1, 0.15) is 46.5 Å². The Labute approximate surface area is 126 Å². The SMILES string of the molecule is CNC(=O)CCCNC(=O)[C@@H]1CCCN1C(=O)C(C)(C)C. The van der Waals surface area contributed by atoms with Crippen molar-refractivity contribution >= 4 is 17.7 Å². The maximum atomic E-state index is 12.3. The van der Waals surface area contributed by atoms with Crippen molar-refractivity contribution in [2.24, 2.45) is 5.41 Å². The Hall–Kier alpha value is -1.59. The number of nitrogens with zero attached hydrogens (tertiary/aromatic N) is 1. The normalized spacial score (nSPS) is 18.5. The van der Waals surface area contributed by atoms with Gasteiger partial charge < -0.3 is 15.5 Å². The van der Waals surface area contributed by atoms with E-state index in [-0.39, 0.29) is 23.8 Å². The highest BCUT2D eigenvalue weighted by molar-refractivity contribution is 5.90. The Morgan fingerprint density at radius 1 is 1.24 bits per heavy atom. The average molecular weight is 297 g/mol. The molecule has 0 aromatic heterocycles. The first-order valence-electron chi connectivity index (χ1n) is 7.56. The first-order chi connectivity index (χ1) is 9.77. The fourth-order valence-corrected chi connectivity index (χ4v) is 2.42. The van der Waals surface area contributed by atoms with Gasteiger partial charge in [-0.3, -0.25) is 14.4 Å².